The number of halogens is 1. The van der Waals surface area contributed by atoms with E-state index in [1.807, 2.05) is 58.9 Å². The van der Waals surface area contributed by atoms with Gasteiger partial charge in [0.2, 0.25) is 5.91 Å². The third kappa shape index (κ3) is 8.73. The van der Waals surface area contributed by atoms with Gasteiger partial charge in [0.15, 0.2) is 5.96 Å². The minimum absolute atomic E-state index is 0. The first-order chi connectivity index (χ1) is 11.8. The standard InChI is InChI=1S/C19H32N4O2.HI/c1-7-21-17(24)19(4,5)13-23-18(20-6)22-12-15(3)25-16-10-8-9-14(2)11-16;/h8-11,15H,7,12-13H2,1-6H3,(H,21,24)(H2,20,22,23);1H. The van der Waals surface area contributed by atoms with Crippen molar-refractivity contribution in [3.63, 3.8) is 0 Å². The molecule has 0 bridgehead atoms. The molecule has 0 saturated carbocycles. The Bertz CT molecular complexity index is 591. The minimum Gasteiger partial charge on any atom is -0.489 e. The lowest BCUT2D eigenvalue weighted by molar-refractivity contribution is -0.128. The second kappa shape index (κ2) is 12.0. The van der Waals surface area contributed by atoms with Gasteiger partial charge in [-0.05, 0) is 52.3 Å². The summed E-state index contributed by atoms with van der Waals surface area (Å²) < 4.78 is 5.90. The Morgan fingerprint density at radius 3 is 2.54 bits per heavy atom. The van der Waals surface area contributed by atoms with Crippen LogP contribution in [-0.2, 0) is 4.79 Å². The van der Waals surface area contributed by atoms with Crippen LogP contribution in [0.3, 0.4) is 0 Å². The molecule has 26 heavy (non-hydrogen) atoms. The summed E-state index contributed by atoms with van der Waals surface area (Å²) in [5, 5.41) is 9.28. The van der Waals surface area contributed by atoms with Crippen molar-refractivity contribution in [2.75, 3.05) is 26.7 Å². The van der Waals surface area contributed by atoms with E-state index in [1.54, 1.807) is 7.05 Å². The average Bonchev–Trinajstić information content (AvgIpc) is 2.55. The number of rotatable bonds is 8. The van der Waals surface area contributed by atoms with Crippen LogP contribution >= 0.6 is 24.0 Å². The van der Waals surface area contributed by atoms with Crippen LogP contribution in [0.5, 0.6) is 5.75 Å². The molecule has 0 aromatic heterocycles. The summed E-state index contributed by atoms with van der Waals surface area (Å²) in [6.07, 6.45) is -0.0169. The van der Waals surface area contributed by atoms with Crippen molar-refractivity contribution in [2.45, 2.75) is 40.7 Å². The number of benzene rings is 1. The molecule has 1 rings (SSSR count). The highest BCUT2D eigenvalue weighted by atomic mass is 127. The van der Waals surface area contributed by atoms with E-state index in [-0.39, 0.29) is 36.0 Å². The average molecular weight is 476 g/mol. The van der Waals surface area contributed by atoms with Crippen LogP contribution in [0.15, 0.2) is 29.3 Å². The van der Waals surface area contributed by atoms with E-state index in [0.29, 0.717) is 25.6 Å². The van der Waals surface area contributed by atoms with Gasteiger partial charge in [0, 0.05) is 20.1 Å². The molecule has 0 heterocycles. The summed E-state index contributed by atoms with van der Waals surface area (Å²) in [6.45, 7) is 11.5. The van der Waals surface area contributed by atoms with Crippen molar-refractivity contribution in [1.82, 2.24) is 16.0 Å². The number of carbonyl (C=O) groups excluding carboxylic acids is 1. The number of aliphatic imine (C=N–C) groups is 1. The van der Waals surface area contributed by atoms with Crippen LogP contribution < -0.4 is 20.7 Å². The van der Waals surface area contributed by atoms with E-state index in [0.717, 1.165) is 5.75 Å². The second-order valence-electron chi connectivity index (χ2n) is 6.79. The molecule has 0 spiro atoms. The predicted molar refractivity (Wildman–Crippen MR) is 119 cm³/mol. The Morgan fingerprint density at radius 1 is 1.27 bits per heavy atom. The van der Waals surface area contributed by atoms with Gasteiger partial charge in [-0.3, -0.25) is 9.79 Å². The van der Waals surface area contributed by atoms with Crippen LogP contribution in [0.1, 0.15) is 33.3 Å². The highest BCUT2D eigenvalue weighted by Gasteiger charge is 2.27. The molecule has 1 unspecified atom stereocenters. The van der Waals surface area contributed by atoms with Gasteiger partial charge < -0.3 is 20.7 Å². The Labute approximate surface area is 174 Å². The van der Waals surface area contributed by atoms with Crippen molar-refractivity contribution < 1.29 is 9.53 Å². The third-order valence-corrected chi connectivity index (χ3v) is 3.76. The molecular formula is C19H33IN4O2. The first-order valence-corrected chi connectivity index (χ1v) is 8.74. The Hall–Kier alpha value is -1.51. The molecule has 0 aliphatic heterocycles. The zero-order chi connectivity index (χ0) is 18.9. The fourth-order valence-corrected chi connectivity index (χ4v) is 2.21. The molecule has 6 nitrogen and oxygen atoms in total. The van der Waals surface area contributed by atoms with Crippen molar-refractivity contribution in [2.24, 2.45) is 10.4 Å². The monoisotopic (exact) mass is 476 g/mol. The summed E-state index contributed by atoms with van der Waals surface area (Å²) in [4.78, 5) is 16.2. The maximum Gasteiger partial charge on any atom is 0.227 e. The van der Waals surface area contributed by atoms with Crippen LogP contribution in [0.2, 0.25) is 0 Å². The molecule has 0 radical (unpaired) electrons. The zero-order valence-corrected chi connectivity index (χ0v) is 19.0. The van der Waals surface area contributed by atoms with E-state index in [9.17, 15) is 4.79 Å². The van der Waals surface area contributed by atoms with Gasteiger partial charge in [-0.2, -0.15) is 0 Å². The molecule has 0 aliphatic carbocycles. The molecule has 0 aliphatic rings. The molecule has 1 amide bonds. The van der Waals surface area contributed by atoms with Gasteiger partial charge in [0.25, 0.3) is 0 Å². The number of hydrogen-bond donors (Lipinski definition) is 3. The van der Waals surface area contributed by atoms with Crippen molar-refractivity contribution in [1.29, 1.82) is 0 Å². The number of ether oxygens (including phenoxy) is 1. The quantitative estimate of drug-likeness (QED) is 0.307. The van der Waals surface area contributed by atoms with E-state index < -0.39 is 5.41 Å². The molecule has 1 atom stereocenters. The highest BCUT2D eigenvalue weighted by molar-refractivity contribution is 14.0. The smallest absolute Gasteiger partial charge is 0.227 e. The molecule has 7 heteroatoms. The predicted octanol–water partition coefficient (Wildman–Crippen LogP) is 2.71. The molecule has 3 N–H and O–H groups in total. The number of guanidine groups is 1. The number of aryl methyl sites for hydroxylation is 1. The number of carbonyl (C=O) groups is 1. The summed E-state index contributed by atoms with van der Waals surface area (Å²) in [5.41, 5.74) is 0.653. The molecule has 148 valence electrons. The van der Waals surface area contributed by atoms with E-state index in [4.69, 9.17) is 4.74 Å². The van der Waals surface area contributed by atoms with Crippen LogP contribution in [0.4, 0.5) is 0 Å². The molecule has 0 saturated heterocycles. The van der Waals surface area contributed by atoms with Crippen molar-refractivity contribution >= 4 is 35.8 Å². The van der Waals surface area contributed by atoms with E-state index in [1.165, 1.54) is 5.56 Å². The van der Waals surface area contributed by atoms with Gasteiger partial charge in [0.05, 0.1) is 12.0 Å². The van der Waals surface area contributed by atoms with Gasteiger partial charge in [-0.15, -0.1) is 24.0 Å². The minimum atomic E-state index is -0.517. The Balaban J connectivity index is 0.00000625. The van der Waals surface area contributed by atoms with E-state index in [2.05, 4.69) is 20.9 Å². The summed E-state index contributed by atoms with van der Waals surface area (Å²) in [7, 11) is 1.71. The van der Waals surface area contributed by atoms with Crippen LogP contribution in [0, 0.1) is 12.3 Å². The number of nitrogens with one attached hydrogen (secondary N) is 3. The lowest BCUT2D eigenvalue weighted by Crippen LogP contribution is -2.49. The number of hydrogen-bond acceptors (Lipinski definition) is 3. The fourth-order valence-electron chi connectivity index (χ4n) is 2.21. The van der Waals surface area contributed by atoms with Gasteiger partial charge in [0.1, 0.15) is 11.9 Å². The number of nitrogens with zero attached hydrogens (tertiary/aromatic N) is 1. The topological polar surface area (TPSA) is 74.8 Å². The SMILES string of the molecule is CCNC(=O)C(C)(C)CNC(=NC)NCC(C)Oc1cccc(C)c1.I. The van der Waals surface area contributed by atoms with Crippen molar-refractivity contribution in [3.8, 4) is 5.75 Å². The first kappa shape index (κ1) is 24.5. The van der Waals surface area contributed by atoms with Gasteiger partial charge >= 0.3 is 0 Å². The van der Waals surface area contributed by atoms with E-state index >= 15 is 0 Å². The van der Waals surface area contributed by atoms with Gasteiger partial charge in [-0.1, -0.05) is 12.1 Å². The lowest BCUT2D eigenvalue weighted by Gasteiger charge is -2.25. The summed E-state index contributed by atoms with van der Waals surface area (Å²) in [6, 6.07) is 7.98. The highest BCUT2D eigenvalue weighted by Crippen LogP contribution is 2.14. The second-order valence-corrected chi connectivity index (χ2v) is 6.79. The summed E-state index contributed by atoms with van der Waals surface area (Å²) in [5.74, 6) is 1.53. The van der Waals surface area contributed by atoms with Crippen LogP contribution in [0.25, 0.3) is 0 Å². The number of amides is 1. The third-order valence-electron chi connectivity index (χ3n) is 3.76. The Morgan fingerprint density at radius 2 is 1.96 bits per heavy atom. The molecule has 1 aromatic rings. The Kier molecular flexibility index (Phi) is 11.3. The largest absolute Gasteiger partial charge is 0.489 e. The normalized spacial score (nSPS) is 12.6. The molecule has 1 aromatic carbocycles. The fraction of sp³-hybridized carbons (Fsp3) is 0.579. The van der Waals surface area contributed by atoms with Crippen LogP contribution in [-0.4, -0.2) is 44.7 Å². The summed E-state index contributed by atoms with van der Waals surface area (Å²) >= 11 is 0. The molecular weight excluding hydrogens is 443 g/mol. The van der Waals surface area contributed by atoms with Crippen molar-refractivity contribution in [3.05, 3.63) is 29.8 Å². The maximum atomic E-state index is 12.0. The zero-order valence-electron chi connectivity index (χ0n) is 16.7. The maximum absolute atomic E-state index is 12.0. The first-order valence-electron chi connectivity index (χ1n) is 8.74. The van der Waals surface area contributed by atoms with Gasteiger partial charge in [-0.25, -0.2) is 0 Å². The lowest BCUT2D eigenvalue weighted by atomic mass is 9.92. The molecule has 0 fully saturated rings.